The molecule has 0 saturated carbocycles. The normalized spacial score (nSPS) is 17.9. The number of ether oxygens (including phenoxy) is 2. The van der Waals surface area contributed by atoms with Crippen LogP contribution in [0.5, 0.6) is 0 Å². The lowest BCUT2D eigenvalue weighted by Crippen LogP contribution is -2.67. The molecule has 1 heterocycles. The molecular weight excluding hydrogens is 440 g/mol. The van der Waals surface area contributed by atoms with Crippen molar-refractivity contribution in [3.05, 3.63) is 108 Å². The molecule has 0 bridgehead atoms. The summed E-state index contributed by atoms with van der Waals surface area (Å²) in [5.41, 5.74) is 1.62. The number of rotatable bonds is 7. The van der Waals surface area contributed by atoms with Crippen LogP contribution in [0.3, 0.4) is 0 Å². The van der Waals surface area contributed by atoms with Crippen molar-refractivity contribution < 1.29 is 18.7 Å². The second kappa shape index (κ2) is 10.00. The lowest BCUT2D eigenvalue weighted by Gasteiger charge is -2.43. The van der Waals surface area contributed by atoms with E-state index < -0.39 is 20.5 Å². The third kappa shape index (κ3) is 4.86. The quantitative estimate of drug-likeness (QED) is 0.358. The molecule has 34 heavy (non-hydrogen) atoms. The lowest BCUT2D eigenvalue weighted by atomic mass is 10.1. The zero-order chi connectivity index (χ0) is 24.2. The van der Waals surface area contributed by atoms with Gasteiger partial charge in [-0.25, -0.2) is 4.79 Å². The highest BCUT2D eigenvalue weighted by Crippen LogP contribution is 2.37. The first-order valence-electron chi connectivity index (χ1n) is 11.7. The number of benzene rings is 3. The van der Waals surface area contributed by atoms with Crippen LogP contribution >= 0.6 is 0 Å². The second-order valence-corrected chi connectivity index (χ2v) is 14.0. The van der Waals surface area contributed by atoms with Crippen LogP contribution in [0.15, 0.2) is 97.3 Å². The van der Waals surface area contributed by atoms with Gasteiger partial charge < -0.3 is 13.9 Å². The predicted octanol–water partition coefficient (Wildman–Crippen LogP) is 5.01. The van der Waals surface area contributed by atoms with Gasteiger partial charge >= 0.3 is 5.97 Å². The molecule has 4 rings (SSSR count). The van der Waals surface area contributed by atoms with Gasteiger partial charge in [0.1, 0.15) is 0 Å². The minimum Gasteiger partial charge on any atom is -0.492 e. The largest absolute Gasteiger partial charge is 0.492 e. The van der Waals surface area contributed by atoms with Crippen LogP contribution < -0.4 is 10.4 Å². The predicted molar refractivity (Wildman–Crippen MR) is 138 cm³/mol. The number of carbonyl (C=O) groups excluding carboxylic acids is 1. The van der Waals surface area contributed by atoms with Crippen LogP contribution in [0.1, 0.15) is 36.7 Å². The van der Waals surface area contributed by atoms with Crippen LogP contribution in [0.2, 0.25) is 5.04 Å². The monoisotopic (exact) mass is 472 g/mol. The Morgan fingerprint density at radius 1 is 0.882 bits per heavy atom. The average Bonchev–Trinajstić information content (AvgIpc) is 3.27. The molecular formula is C29H32O4Si. The number of esters is 1. The van der Waals surface area contributed by atoms with Crippen molar-refractivity contribution in [1.29, 1.82) is 0 Å². The van der Waals surface area contributed by atoms with E-state index in [-0.39, 0.29) is 11.0 Å². The van der Waals surface area contributed by atoms with Crippen molar-refractivity contribution in [2.75, 3.05) is 6.61 Å². The molecule has 0 radical (unpaired) electrons. The SMILES string of the molecule is Cc1ccc(C(=O)O[C@H]2C=CO[C@@H]2CO[Si](c2ccccc2)(c2ccccc2)C(C)(C)C)cc1. The molecule has 3 aromatic rings. The minimum absolute atomic E-state index is 0.143. The fraction of sp³-hybridized carbons (Fsp3) is 0.276. The Kier molecular flexibility index (Phi) is 7.05. The minimum atomic E-state index is -2.70. The first-order valence-corrected chi connectivity index (χ1v) is 13.6. The first-order chi connectivity index (χ1) is 16.3. The van der Waals surface area contributed by atoms with Crippen molar-refractivity contribution >= 4 is 24.7 Å². The summed E-state index contributed by atoms with van der Waals surface area (Å²) in [4.78, 5) is 12.7. The van der Waals surface area contributed by atoms with Gasteiger partial charge in [-0.1, -0.05) is 99.1 Å². The summed E-state index contributed by atoms with van der Waals surface area (Å²) in [6.07, 6.45) is 2.47. The van der Waals surface area contributed by atoms with Crippen molar-refractivity contribution in [1.82, 2.24) is 0 Å². The number of aryl methyl sites for hydroxylation is 1. The molecule has 1 aliphatic heterocycles. The molecule has 0 aromatic heterocycles. The molecule has 1 aliphatic rings. The third-order valence-electron chi connectivity index (χ3n) is 6.30. The van der Waals surface area contributed by atoms with Crippen LogP contribution in [0.25, 0.3) is 0 Å². The highest BCUT2D eigenvalue weighted by atomic mass is 28.4. The molecule has 0 unspecified atom stereocenters. The van der Waals surface area contributed by atoms with Gasteiger partial charge in [-0.3, -0.25) is 0 Å². The number of hydrogen-bond acceptors (Lipinski definition) is 4. The molecule has 0 saturated heterocycles. The van der Waals surface area contributed by atoms with E-state index >= 15 is 0 Å². The maximum absolute atomic E-state index is 12.7. The van der Waals surface area contributed by atoms with E-state index in [4.69, 9.17) is 13.9 Å². The standard InChI is InChI=1S/C29H32O4Si/c1-22-15-17-23(18-16-22)28(30)33-26-19-20-31-27(26)21-32-34(29(2,3)4,24-11-7-5-8-12-24)25-13-9-6-10-14-25/h5-20,26-27H,21H2,1-4H3/t26-,27+/m0/s1. The summed E-state index contributed by atoms with van der Waals surface area (Å²) in [5, 5.41) is 2.26. The van der Waals surface area contributed by atoms with Crippen molar-refractivity contribution in [3.63, 3.8) is 0 Å². The van der Waals surface area contributed by atoms with E-state index in [0.29, 0.717) is 12.2 Å². The van der Waals surface area contributed by atoms with Gasteiger partial charge in [-0.05, 0) is 40.5 Å². The van der Waals surface area contributed by atoms with Crippen molar-refractivity contribution in [2.24, 2.45) is 0 Å². The Balaban J connectivity index is 1.59. The highest BCUT2D eigenvalue weighted by molar-refractivity contribution is 6.99. The van der Waals surface area contributed by atoms with E-state index in [1.807, 2.05) is 31.2 Å². The number of carbonyl (C=O) groups is 1. The summed E-state index contributed by atoms with van der Waals surface area (Å²) in [7, 11) is -2.70. The molecule has 176 valence electrons. The molecule has 3 aromatic carbocycles. The zero-order valence-electron chi connectivity index (χ0n) is 20.2. The Labute approximate surface area is 203 Å². The summed E-state index contributed by atoms with van der Waals surface area (Å²) in [6, 6.07) is 28.3. The van der Waals surface area contributed by atoms with Gasteiger partial charge in [0.05, 0.1) is 18.4 Å². The van der Waals surface area contributed by atoms with Crippen molar-refractivity contribution in [3.8, 4) is 0 Å². The smallest absolute Gasteiger partial charge is 0.338 e. The van der Waals surface area contributed by atoms with Gasteiger partial charge in [0, 0.05) is 0 Å². The summed E-state index contributed by atoms with van der Waals surface area (Å²) < 4.78 is 18.6. The topological polar surface area (TPSA) is 44.8 Å². The number of hydrogen-bond donors (Lipinski definition) is 0. The second-order valence-electron chi connectivity index (χ2n) is 9.71. The Morgan fingerprint density at radius 3 is 1.97 bits per heavy atom. The van der Waals surface area contributed by atoms with Crippen LogP contribution in [-0.4, -0.2) is 33.1 Å². The van der Waals surface area contributed by atoms with Gasteiger partial charge in [-0.15, -0.1) is 0 Å². The van der Waals surface area contributed by atoms with Gasteiger partial charge in [0.2, 0.25) is 0 Å². The molecule has 0 fully saturated rings. The van der Waals surface area contributed by atoms with E-state index in [0.717, 1.165) is 5.56 Å². The van der Waals surface area contributed by atoms with Gasteiger partial charge in [-0.2, -0.15) is 0 Å². The average molecular weight is 473 g/mol. The Morgan fingerprint density at radius 2 is 1.44 bits per heavy atom. The first kappa shape index (κ1) is 24.0. The van der Waals surface area contributed by atoms with E-state index in [1.54, 1.807) is 24.5 Å². The molecule has 5 heteroatoms. The van der Waals surface area contributed by atoms with Crippen LogP contribution in [0, 0.1) is 6.92 Å². The molecule has 4 nitrogen and oxygen atoms in total. The summed E-state index contributed by atoms with van der Waals surface area (Å²) >= 11 is 0. The maximum atomic E-state index is 12.7. The van der Waals surface area contributed by atoms with E-state index in [9.17, 15) is 4.79 Å². The van der Waals surface area contributed by atoms with E-state index in [1.165, 1.54) is 10.4 Å². The van der Waals surface area contributed by atoms with Crippen LogP contribution in [0.4, 0.5) is 0 Å². The fourth-order valence-corrected chi connectivity index (χ4v) is 9.09. The van der Waals surface area contributed by atoms with Crippen molar-refractivity contribution in [2.45, 2.75) is 44.9 Å². The molecule has 0 N–H and O–H groups in total. The van der Waals surface area contributed by atoms with Gasteiger partial charge in [0.15, 0.2) is 12.2 Å². The molecule has 0 aliphatic carbocycles. The highest BCUT2D eigenvalue weighted by Gasteiger charge is 2.51. The van der Waals surface area contributed by atoms with E-state index in [2.05, 4.69) is 69.3 Å². The Bertz CT molecular complexity index is 1080. The molecule has 0 spiro atoms. The van der Waals surface area contributed by atoms with Crippen LogP contribution in [-0.2, 0) is 13.9 Å². The Hall–Kier alpha value is -3.15. The lowest BCUT2D eigenvalue weighted by molar-refractivity contribution is -0.00616. The third-order valence-corrected chi connectivity index (χ3v) is 11.3. The fourth-order valence-electron chi connectivity index (χ4n) is 4.52. The molecule has 2 atom stereocenters. The maximum Gasteiger partial charge on any atom is 0.338 e. The molecule has 0 amide bonds. The zero-order valence-corrected chi connectivity index (χ0v) is 21.2. The summed E-state index contributed by atoms with van der Waals surface area (Å²) in [6.45, 7) is 9.01. The summed E-state index contributed by atoms with van der Waals surface area (Å²) in [5.74, 6) is -0.365. The van der Waals surface area contributed by atoms with Gasteiger partial charge in [0.25, 0.3) is 8.32 Å².